The van der Waals surface area contributed by atoms with E-state index in [1.54, 1.807) is 20.8 Å². The molecule has 7 nitrogen and oxygen atoms in total. The van der Waals surface area contributed by atoms with Crippen LogP contribution in [0.1, 0.15) is 34.1 Å². The van der Waals surface area contributed by atoms with E-state index >= 15 is 0 Å². The van der Waals surface area contributed by atoms with E-state index in [2.05, 4.69) is 4.74 Å². The molecular weight excluding hydrogens is 347 g/mol. The number of halogens is 3. The van der Waals surface area contributed by atoms with Gasteiger partial charge in [0.15, 0.2) is 11.7 Å². The minimum atomic E-state index is -4.54. The lowest BCUT2D eigenvalue weighted by Gasteiger charge is -2.40. The van der Waals surface area contributed by atoms with Crippen LogP contribution in [0.25, 0.3) is 0 Å². The van der Waals surface area contributed by atoms with E-state index < -0.39 is 42.2 Å². The third kappa shape index (κ3) is 6.35. The van der Waals surface area contributed by atoms with Gasteiger partial charge in [-0.25, -0.2) is 9.59 Å². The number of alkyl halides is 3. The average Bonchev–Trinajstić information content (AvgIpc) is 2.44. The van der Waals surface area contributed by atoms with E-state index in [0.717, 1.165) is 6.92 Å². The summed E-state index contributed by atoms with van der Waals surface area (Å²) in [6, 6.07) is 0. The monoisotopic (exact) mass is 371 g/mol. The number of amides is 1. The van der Waals surface area contributed by atoms with Crippen LogP contribution in [-0.4, -0.2) is 71.9 Å². The SMILES string of the molecule is CC(OCCC1(C(=O)O)CN(C(=O)OC(C)(C)C)CCO1)C(F)(F)F. The highest BCUT2D eigenvalue weighted by molar-refractivity contribution is 5.79. The molecule has 1 amide bonds. The Balaban J connectivity index is 2.74. The van der Waals surface area contributed by atoms with Gasteiger partial charge in [-0.15, -0.1) is 0 Å². The topological polar surface area (TPSA) is 85.3 Å². The molecule has 0 radical (unpaired) electrons. The zero-order valence-corrected chi connectivity index (χ0v) is 14.7. The van der Waals surface area contributed by atoms with Crippen molar-refractivity contribution in [2.24, 2.45) is 0 Å². The van der Waals surface area contributed by atoms with Gasteiger partial charge in [0.05, 0.1) is 19.8 Å². The standard InChI is InChI=1S/C15H24F3NO6/c1-10(15(16,17)18)23-7-5-14(11(20)21)9-19(6-8-24-14)12(22)25-13(2,3)4/h10H,5-9H2,1-4H3,(H,20,21). The molecular formula is C15H24F3NO6. The number of carbonyl (C=O) groups excluding carboxylic acids is 1. The Morgan fingerprint density at radius 3 is 2.40 bits per heavy atom. The summed E-state index contributed by atoms with van der Waals surface area (Å²) in [5.74, 6) is -1.37. The van der Waals surface area contributed by atoms with Gasteiger partial charge in [0, 0.05) is 13.0 Å². The number of carbonyl (C=O) groups is 2. The van der Waals surface area contributed by atoms with Crippen LogP contribution in [0.15, 0.2) is 0 Å². The highest BCUT2D eigenvalue weighted by Gasteiger charge is 2.46. The molecule has 0 spiro atoms. The molecule has 1 N–H and O–H groups in total. The van der Waals surface area contributed by atoms with Crippen molar-refractivity contribution in [2.75, 3.05) is 26.3 Å². The first kappa shape index (κ1) is 21.5. The maximum Gasteiger partial charge on any atom is 0.414 e. The number of morpholine rings is 1. The number of ether oxygens (including phenoxy) is 3. The van der Waals surface area contributed by atoms with Crippen LogP contribution < -0.4 is 0 Å². The van der Waals surface area contributed by atoms with Crippen molar-refractivity contribution in [3.63, 3.8) is 0 Å². The predicted molar refractivity (Wildman–Crippen MR) is 80.2 cm³/mol. The normalized spacial score (nSPS) is 23.2. The zero-order chi connectivity index (χ0) is 19.5. The van der Waals surface area contributed by atoms with Gasteiger partial charge in [-0.2, -0.15) is 13.2 Å². The summed E-state index contributed by atoms with van der Waals surface area (Å²) in [5.41, 5.74) is -2.59. The number of hydrogen-bond donors (Lipinski definition) is 1. The summed E-state index contributed by atoms with van der Waals surface area (Å²) in [6.07, 6.45) is -7.59. The van der Waals surface area contributed by atoms with Crippen molar-refractivity contribution in [1.29, 1.82) is 0 Å². The molecule has 0 aliphatic carbocycles. The highest BCUT2D eigenvalue weighted by atomic mass is 19.4. The van der Waals surface area contributed by atoms with Crippen LogP contribution >= 0.6 is 0 Å². The summed E-state index contributed by atoms with van der Waals surface area (Å²) in [5, 5.41) is 9.46. The molecule has 1 heterocycles. The number of carboxylic acids is 1. The molecule has 2 unspecified atom stereocenters. The van der Waals surface area contributed by atoms with E-state index in [4.69, 9.17) is 9.47 Å². The number of nitrogens with zero attached hydrogens (tertiary/aromatic N) is 1. The van der Waals surface area contributed by atoms with E-state index in [1.807, 2.05) is 0 Å². The molecule has 10 heteroatoms. The first-order valence-corrected chi connectivity index (χ1v) is 7.80. The molecule has 0 aromatic rings. The summed E-state index contributed by atoms with van der Waals surface area (Å²) < 4.78 is 52.5. The first-order valence-electron chi connectivity index (χ1n) is 7.80. The largest absolute Gasteiger partial charge is 0.479 e. The predicted octanol–water partition coefficient (Wildman–Crippen LogP) is 2.43. The maximum atomic E-state index is 12.5. The van der Waals surface area contributed by atoms with E-state index in [0.29, 0.717) is 0 Å². The fourth-order valence-electron chi connectivity index (χ4n) is 2.15. The molecule has 0 saturated carbocycles. The van der Waals surface area contributed by atoms with Gasteiger partial charge >= 0.3 is 18.2 Å². The molecule has 146 valence electrons. The smallest absolute Gasteiger partial charge is 0.414 e. The summed E-state index contributed by atoms with van der Waals surface area (Å²) in [6.45, 7) is 5.09. The Kier molecular flexibility index (Phi) is 6.68. The number of hydrogen-bond acceptors (Lipinski definition) is 5. The molecule has 1 aliphatic rings. The number of carboxylic acid groups (broad SMARTS) is 1. The van der Waals surface area contributed by atoms with Gasteiger partial charge in [0.2, 0.25) is 0 Å². The summed E-state index contributed by atoms with van der Waals surface area (Å²) in [4.78, 5) is 24.9. The van der Waals surface area contributed by atoms with Gasteiger partial charge in [-0.05, 0) is 27.7 Å². The fourth-order valence-corrected chi connectivity index (χ4v) is 2.15. The average molecular weight is 371 g/mol. The number of aliphatic carboxylic acids is 1. The van der Waals surface area contributed by atoms with Gasteiger partial charge in [0.1, 0.15) is 5.60 Å². The molecule has 1 saturated heterocycles. The minimum Gasteiger partial charge on any atom is -0.479 e. The quantitative estimate of drug-likeness (QED) is 0.799. The minimum absolute atomic E-state index is 0.0691. The third-order valence-corrected chi connectivity index (χ3v) is 3.56. The van der Waals surface area contributed by atoms with Crippen molar-refractivity contribution in [2.45, 2.75) is 57.6 Å². The van der Waals surface area contributed by atoms with Crippen molar-refractivity contribution in [3.8, 4) is 0 Å². The zero-order valence-electron chi connectivity index (χ0n) is 14.7. The molecule has 0 bridgehead atoms. The summed E-state index contributed by atoms with van der Waals surface area (Å²) in [7, 11) is 0. The number of rotatable bonds is 5. The molecule has 2 atom stereocenters. The summed E-state index contributed by atoms with van der Waals surface area (Å²) >= 11 is 0. The van der Waals surface area contributed by atoms with E-state index in [9.17, 15) is 27.9 Å². The Labute approximate surface area is 144 Å². The van der Waals surface area contributed by atoms with E-state index in [1.165, 1.54) is 4.90 Å². The van der Waals surface area contributed by atoms with Gasteiger partial charge < -0.3 is 24.2 Å². The lowest BCUT2D eigenvalue weighted by molar-refractivity contribution is -0.220. The second kappa shape index (κ2) is 7.77. The van der Waals surface area contributed by atoms with Gasteiger partial charge in [0.25, 0.3) is 0 Å². The molecule has 0 aromatic carbocycles. The Morgan fingerprint density at radius 1 is 1.32 bits per heavy atom. The van der Waals surface area contributed by atoms with Crippen molar-refractivity contribution in [3.05, 3.63) is 0 Å². The van der Waals surface area contributed by atoms with Crippen LogP contribution in [0.4, 0.5) is 18.0 Å². The molecule has 0 aromatic heterocycles. The maximum absolute atomic E-state index is 12.5. The van der Waals surface area contributed by atoms with Crippen LogP contribution in [0.3, 0.4) is 0 Å². The second-order valence-corrected chi connectivity index (χ2v) is 6.85. The fraction of sp³-hybridized carbons (Fsp3) is 0.867. The Hall–Kier alpha value is -1.55. The molecule has 1 rings (SSSR count). The van der Waals surface area contributed by atoms with Gasteiger partial charge in [-0.3, -0.25) is 0 Å². The Bertz CT molecular complexity index is 491. The lowest BCUT2D eigenvalue weighted by Crippen LogP contribution is -2.59. The van der Waals surface area contributed by atoms with Crippen molar-refractivity contribution >= 4 is 12.1 Å². The van der Waals surface area contributed by atoms with Crippen LogP contribution in [-0.2, 0) is 19.0 Å². The third-order valence-electron chi connectivity index (χ3n) is 3.56. The van der Waals surface area contributed by atoms with Crippen molar-refractivity contribution in [1.82, 2.24) is 4.90 Å². The molecule has 1 aliphatic heterocycles. The van der Waals surface area contributed by atoms with Gasteiger partial charge in [-0.1, -0.05) is 0 Å². The second-order valence-electron chi connectivity index (χ2n) is 6.85. The lowest BCUT2D eigenvalue weighted by atomic mass is 9.97. The van der Waals surface area contributed by atoms with E-state index in [-0.39, 0.29) is 26.1 Å². The first-order chi connectivity index (χ1) is 11.3. The van der Waals surface area contributed by atoms with Crippen LogP contribution in [0.2, 0.25) is 0 Å². The molecule has 1 fully saturated rings. The Morgan fingerprint density at radius 2 is 1.92 bits per heavy atom. The van der Waals surface area contributed by atoms with Crippen molar-refractivity contribution < 1.29 is 42.1 Å². The van der Waals surface area contributed by atoms with Crippen LogP contribution in [0.5, 0.6) is 0 Å². The highest BCUT2D eigenvalue weighted by Crippen LogP contribution is 2.27. The van der Waals surface area contributed by atoms with Crippen LogP contribution in [0, 0.1) is 0 Å². The molecule has 25 heavy (non-hydrogen) atoms.